The van der Waals surface area contributed by atoms with Gasteiger partial charge in [0.25, 0.3) is 0 Å². The lowest BCUT2D eigenvalue weighted by molar-refractivity contribution is -0.127. The number of hydrogen-bond donors (Lipinski definition) is 1. The molecular weight excluding hydrogens is 320 g/mol. The van der Waals surface area contributed by atoms with Gasteiger partial charge in [0.05, 0.1) is 0 Å². The average molecular weight is 349 g/mol. The number of aromatic nitrogens is 1. The lowest BCUT2D eigenvalue weighted by atomic mass is 9.47. The van der Waals surface area contributed by atoms with Crippen molar-refractivity contribution in [3.8, 4) is 0 Å². The third kappa shape index (κ3) is 2.75. The highest BCUT2D eigenvalue weighted by molar-refractivity contribution is 7.07. The van der Waals surface area contributed by atoms with Crippen molar-refractivity contribution < 1.29 is 4.79 Å². The van der Waals surface area contributed by atoms with Gasteiger partial charge in [0.2, 0.25) is 5.91 Å². The van der Waals surface area contributed by atoms with Gasteiger partial charge < -0.3 is 5.32 Å². The maximum absolute atomic E-state index is 12.6. The molecule has 0 aliphatic heterocycles. The van der Waals surface area contributed by atoms with Gasteiger partial charge in [0, 0.05) is 17.1 Å². The minimum atomic E-state index is -0.0366. The Balaban J connectivity index is 1.48. The van der Waals surface area contributed by atoms with Crippen LogP contribution in [-0.2, 0) is 11.3 Å². The van der Waals surface area contributed by atoms with Crippen LogP contribution in [0.15, 0.2) is 10.2 Å². The van der Waals surface area contributed by atoms with E-state index >= 15 is 0 Å². The van der Waals surface area contributed by atoms with Crippen molar-refractivity contribution in [1.29, 1.82) is 0 Å². The van der Waals surface area contributed by atoms with Crippen molar-refractivity contribution in [3.63, 3.8) is 0 Å². The second kappa shape index (κ2) is 6.01. The molecule has 132 valence electrons. The van der Waals surface area contributed by atoms with Crippen molar-refractivity contribution in [2.24, 2.45) is 23.2 Å². The van der Waals surface area contributed by atoms with Gasteiger partial charge in [-0.3, -0.25) is 14.2 Å². The molecule has 1 amide bonds. The number of rotatable bonds is 5. The summed E-state index contributed by atoms with van der Waals surface area (Å²) in [5, 5.41) is 5.15. The standard InChI is InChI=1S/C19H28N2O2S/c1-3-16(20-17(22)10-21-12(2)11-24-18(21)23)19-7-13-4-14(8-19)6-15(5-13)9-19/h11,13-16H,3-10H2,1-2H3,(H,20,22)/t13?,14?,15?,16-,19?/m0/s1. The topological polar surface area (TPSA) is 51.1 Å². The van der Waals surface area contributed by atoms with Gasteiger partial charge in [0.1, 0.15) is 6.54 Å². The van der Waals surface area contributed by atoms with Crippen LogP contribution < -0.4 is 10.2 Å². The molecule has 1 N–H and O–H groups in total. The summed E-state index contributed by atoms with van der Waals surface area (Å²) in [6, 6.07) is 0.271. The fraction of sp³-hybridized carbons (Fsp3) is 0.789. The molecule has 4 aliphatic rings. The van der Waals surface area contributed by atoms with Gasteiger partial charge >= 0.3 is 4.87 Å². The lowest BCUT2D eigenvalue weighted by Gasteiger charge is -2.59. The van der Waals surface area contributed by atoms with E-state index in [9.17, 15) is 9.59 Å². The Hall–Kier alpha value is -1.10. The number of nitrogens with zero attached hydrogens (tertiary/aromatic N) is 1. The largest absolute Gasteiger partial charge is 0.351 e. The molecule has 4 fully saturated rings. The number of aryl methyl sites for hydroxylation is 1. The molecule has 0 saturated heterocycles. The third-order valence-electron chi connectivity index (χ3n) is 6.85. The Kier molecular flexibility index (Phi) is 4.10. The first-order chi connectivity index (χ1) is 11.5. The summed E-state index contributed by atoms with van der Waals surface area (Å²) in [5.41, 5.74) is 1.20. The van der Waals surface area contributed by atoms with Crippen LogP contribution in [0.25, 0.3) is 0 Å². The van der Waals surface area contributed by atoms with Crippen LogP contribution in [0, 0.1) is 30.1 Å². The fourth-order valence-electron chi connectivity index (χ4n) is 6.27. The zero-order chi connectivity index (χ0) is 16.9. The lowest BCUT2D eigenvalue weighted by Crippen LogP contribution is -2.57. The fourth-order valence-corrected chi connectivity index (χ4v) is 7.01. The molecule has 1 aromatic heterocycles. The van der Waals surface area contributed by atoms with Crippen molar-refractivity contribution in [2.45, 2.75) is 71.4 Å². The molecule has 0 radical (unpaired) electrons. The quantitative estimate of drug-likeness (QED) is 0.887. The first-order valence-corrected chi connectivity index (χ1v) is 10.3. The molecule has 24 heavy (non-hydrogen) atoms. The molecule has 0 spiro atoms. The first-order valence-electron chi connectivity index (χ1n) is 9.43. The number of carbonyl (C=O) groups is 1. The van der Waals surface area contributed by atoms with E-state index in [0.717, 1.165) is 29.9 Å². The van der Waals surface area contributed by atoms with E-state index < -0.39 is 0 Å². The Morgan fingerprint density at radius 1 is 1.29 bits per heavy atom. The summed E-state index contributed by atoms with van der Waals surface area (Å²) < 4.78 is 1.59. The number of carbonyl (C=O) groups excluding carboxylic acids is 1. The smallest absolute Gasteiger partial charge is 0.307 e. The minimum Gasteiger partial charge on any atom is -0.351 e. The van der Waals surface area contributed by atoms with E-state index in [2.05, 4.69) is 12.2 Å². The predicted octanol–water partition coefficient (Wildman–Crippen LogP) is 3.33. The van der Waals surface area contributed by atoms with Gasteiger partial charge in [0.15, 0.2) is 0 Å². The average Bonchev–Trinajstić information content (AvgIpc) is 2.83. The third-order valence-corrected chi connectivity index (χ3v) is 7.73. The van der Waals surface area contributed by atoms with E-state index in [1.54, 1.807) is 4.57 Å². The van der Waals surface area contributed by atoms with Crippen molar-refractivity contribution in [1.82, 2.24) is 9.88 Å². The second-order valence-corrected chi connectivity index (χ2v) is 9.36. The molecule has 1 heterocycles. The molecule has 4 nitrogen and oxygen atoms in total. The molecule has 4 bridgehead atoms. The van der Waals surface area contributed by atoms with Crippen LogP contribution >= 0.6 is 11.3 Å². The minimum absolute atomic E-state index is 0.00111. The number of thiazole rings is 1. The predicted molar refractivity (Wildman–Crippen MR) is 96.1 cm³/mol. The van der Waals surface area contributed by atoms with E-state index in [1.165, 1.54) is 49.9 Å². The van der Waals surface area contributed by atoms with E-state index in [0.29, 0.717) is 5.41 Å². The summed E-state index contributed by atoms with van der Waals surface area (Å²) in [7, 11) is 0. The summed E-state index contributed by atoms with van der Waals surface area (Å²) in [5.74, 6) is 2.68. The molecule has 5 rings (SSSR count). The van der Waals surface area contributed by atoms with Crippen LogP contribution in [0.2, 0.25) is 0 Å². The summed E-state index contributed by atoms with van der Waals surface area (Å²) in [6.07, 6.45) is 9.17. The van der Waals surface area contributed by atoms with Crippen molar-refractivity contribution in [2.75, 3.05) is 0 Å². The van der Waals surface area contributed by atoms with Crippen LogP contribution in [0.4, 0.5) is 0 Å². The van der Waals surface area contributed by atoms with Crippen LogP contribution in [0.5, 0.6) is 0 Å². The molecule has 0 aromatic carbocycles. The monoisotopic (exact) mass is 348 g/mol. The molecular formula is C19H28N2O2S. The number of amides is 1. The van der Waals surface area contributed by atoms with Gasteiger partial charge in [-0.2, -0.15) is 0 Å². The van der Waals surface area contributed by atoms with Gasteiger partial charge in [-0.1, -0.05) is 18.3 Å². The van der Waals surface area contributed by atoms with Crippen LogP contribution in [-0.4, -0.2) is 16.5 Å². The van der Waals surface area contributed by atoms with Gasteiger partial charge in [-0.05, 0) is 75.0 Å². The number of hydrogen-bond acceptors (Lipinski definition) is 3. The van der Waals surface area contributed by atoms with Crippen LogP contribution in [0.3, 0.4) is 0 Å². The summed E-state index contributed by atoms with van der Waals surface area (Å²) in [6.45, 7) is 4.25. The Morgan fingerprint density at radius 2 is 1.88 bits per heavy atom. The van der Waals surface area contributed by atoms with Crippen molar-refractivity contribution >= 4 is 17.2 Å². The molecule has 1 atom stereocenters. The van der Waals surface area contributed by atoms with Gasteiger partial charge in [-0.25, -0.2) is 0 Å². The van der Waals surface area contributed by atoms with Crippen LogP contribution in [0.1, 0.15) is 57.6 Å². The zero-order valence-electron chi connectivity index (χ0n) is 14.7. The second-order valence-electron chi connectivity index (χ2n) is 8.54. The molecule has 4 saturated carbocycles. The summed E-state index contributed by atoms with van der Waals surface area (Å²) in [4.78, 5) is 24.4. The van der Waals surface area contributed by atoms with E-state index in [1.807, 2.05) is 12.3 Å². The Morgan fingerprint density at radius 3 is 2.33 bits per heavy atom. The van der Waals surface area contributed by atoms with Gasteiger partial charge in [-0.15, -0.1) is 0 Å². The maximum atomic E-state index is 12.6. The molecule has 5 heteroatoms. The number of nitrogens with one attached hydrogen (secondary N) is 1. The Labute approximate surface area is 147 Å². The highest BCUT2D eigenvalue weighted by Crippen LogP contribution is 2.61. The molecule has 0 unspecified atom stereocenters. The highest BCUT2D eigenvalue weighted by Gasteiger charge is 2.53. The highest BCUT2D eigenvalue weighted by atomic mass is 32.1. The Bertz CT molecular complexity index is 654. The summed E-state index contributed by atoms with van der Waals surface area (Å²) >= 11 is 1.17. The SMILES string of the molecule is CC[C@H](NC(=O)Cn1c(C)csc1=O)C12CC3CC(CC(C3)C1)C2. The van der Waals surface area contributed by atoms with E-state index in [4.69, 9.17) is 0 Å². The molecule has 4 aliphatic carbocycles. The maximum Gasteiger partial charge on any atom is 0.307 e. The van der Waals surface area contributed by atoms with E-state index in [-0.39, 0.29) is 23.4 Å². The first kappa shape index (κ1) is 16.4. The molecule has 1 aromatic rings. The zero-order valence-corrected chi connectivity index (χ0v) is 15.5. The normalized spacial score (nSPS) is 35.2. The van der Waals surface area contributed by atoms with Crippen molar-refractivity contribution in [3.05, 3.63) is 20.7 Å².